The number of amides is 1. The van der Waals surface area contributed by atoms with E-state index in [-0.39, 0.29) is 18.1 Å². The molecular formula is C18H28N2O2. The highest BCUT2D eigenvalue weighted by molar-refractivity contribution is 5.80. The zero-order chi connectivity index (χ0) is 16.1. The van der Waals surface area contributed by atoms with Gasteiger partial charge >= 0.3 is 0 Å². The normalized spacial score (nSPS) is 22.5. The first kappa shape index (κ1) is 17.0. The van der Waals surface area contributed by atoms with Crippen molar-refractivity contribution in [3.05, 3.63) is 35.4 Å². The van der Waals surface area contributed by atoms with E-state index >= 15 is 0 Å². The molecule has 4 nitrogen and oxygen atoms in total. The van der Waals surface area contributed by atoms with Crippen molar-refractivity contribution in [1.29, 1.82) is 0 Å². The van der Waals surface area contributed by atoms with Crippen molar-refractivity contribution in [2.75, 3.05) is 20.6 Å². The summed E-state index contributed by atoms with van der Waals surface area (Å²) in [5.41, 5.74) is 2.72. The van der Waals surface area contributed by atoms with E-state index in [9.17, 15) is 4.79 Å². The topological polar surface area (TPSA) is 41.6 Å². The molecule has 2 rings (SSSR count). The molecule has 1 saturated heterocycles. The van der Waals surface area contributed by atoms with Gasteiger partial charge < -0.3 is 15.0 Å². The van der Waals surface area contributed by atoms with Crippen LogP contribution >= 0.6 is 0 Å². The van der Waals surface area contributed by atoms with Gasteiger partial charge in [0, 0.05) is 26.7 Å². The van der Waals surface area contributed by atoms with Crippen molar-refractivity contribution in [3.8, 4) is 0 Å². The minimum Gasteiger partial charge on any atom is -0.364 e. The Morgan fingerprint density at radius 2 is 2.09 bits per heavy atom. The maximum Gasteiger partial charge on any atom is 0.251 e. The smallest absolute Gasteiger partial charge is 0.251 e. The monoisotopic (exact) mass is 304 g/mol. The van der Waals surface area contributed by atoms with E-state index in [1.165, 1.54) is 11.1 Å². The Labute approximate surface area is 133 Å². The molecule has 3 atom stereocenters. The van der Waals surface area contributed by atoms with Gasteiger partial charge in [-0.1, -0.05) is 24.3 Å². The summed E-state index contributed by atoms with van der Waals surface area (Å²) < 4.78 is 5.86. The largest absolute Gasteiger partial charge is 0.364 e. The highest BCUT2D eigenvalue weighted by Gasteiger charge is 2.31. The lowest BCUT2D eigenvalue weighted by Gasteiger charge is -2.20. The fourth-order valence-corrected chi connectivity index (χ4v) is 2.90. The fourth-order valence-electron chi connectivity index (χ4n) is 2.90. The molecule has 1 heterocycles. The van der Waals surface area contributed by atoms with Gasteiger partial charge in [-0.15, -0.1) is 0 Å². The van der Waals surface area contributed by atoms with Crippen molar-refractivity contribution in [1.82, 2.24) is 10.2 Å². The Kier molecular flexibility index (Phi) is 5.98. The van der Waals surface area contributed by atoms with E-state index in [4.69, 9.17) is 4.74 Å². The highest BCUT2D eigenvalue weighted by atomic mass is 16.5. The van der Waals surface area contributed by atoms with E-state index < -0.39 is 0 Å². The van der Waals surface area contributed by atoms with Gasteiger partial charge in [0.05, 0.1) is 6.10 Å². The van der Waals surface area contributed by atoms with Crippen molar-refractivity contribution in [2.24, 2.45) is 0 Å². The van der Waals surface area contributed by atoms with Crippen LogP contribution in [0.2, 0.25) is 0 Å². The first-order chi connectivity index (χ1) is 10.5. The van der Waals surface area contributed by atoms with Crippen LogP contribution in [0.1, 0.15) is 30.9 Å². The molecule has 1 fully saturated rings. The average molecular weight is 304 g/mol. The number of carbonyl (C=O) groups is 1. The summed E-state index contributed by atoms with van der Waals surface area (Å²) in [6.07, 6.45) is 2.69. The van der Waals surface area contributed by atoms with Gasteiger partial charge in [-0.05, 0) is 44.2 Å². The second kappa shape index (κ2) is 7.75. The van der Waals surface area contributed by atoms with E-state index in [0.717, 1.165) is 25.8 Å². The van der Waals surface area contributed by atoms with Crippen LogP contribution in [0.15, 0.2) is 24.3 Å². The molecule has 22 heavy (non-hydrogen) atoms. The summed E-state index contributed by atoms with van der Waals surface area (Å²) in [5, 5.41) is 3.54. The molecule has 0 unspecified atom stereocenters. The van der Waals surface area contributed by atoms with Crippen molar-refractivity contribution < 1.29 is 9.53 Å². The number of nitrogens with zero attached hydrogens (tertiary/aromatic N) is 1. The molecule has 1 aromatic carbocycles. The molecule has 0 spiro atoms. The number of hydrogen-bond acceptors (Lipinski definition) is 3. The van der Waals surface area contributed by atoms with Crippen LogP contribution in [0.5, 0.6) is 0 Å². The summed E-state index contributed by atoms with van der Waals surface area (Å²) in [5.74, 6) is 0.0791. The molecule has 1 aliphatic rings. The van der Waals surface area contributed by atoms with E-state index in [1.54, 1.807) is 19.0 Å². The lowest BCUT2D eigenvalue weighted by molar-refractivity contribution is -0.140. The van der Waals surface area contributed by atoms with Crippen LogP contribution < -0.4 is 5.32 Å². The third-order valence-electron chi connectivity index (χ3n) is 4.31. The summed E-state index contributed by atoms with van der Waals surface area (Å²) in [7, 11) is 3.56. The zero-order valence-electron chi connectivity index (χ0n) is 14.1. The number of carbonyl (C=O) groups excluding carboxylic acids is 1. The Morgan fingerprint density at radius 1 is 1.36 bits per heavy atom. The van der Waals surface area contributed by atoms with Crippen molar-refractivity contribution >= 4 is 5.91 Å². The van der Waals surface area contributed by atoms with Gasteiger partial charge in [0.1, 0.15) is 6.10 Å². The fraction of sp³-hybridized carbons (Fsp3) is 0.611. The first-order valence-electron chi connectivity index (χ1n) is 8.12. The highest BCUT2D eigenvalue weighted by Crippen LogP contribution is 2.20. The maximum atomic E-state index is 11.9. The first-order valence-corrected chi connectivity index (χ1v) is 8.12. The average Bonchev–Trinajstić information content (AvgIpc) is 2.95. The lowest BCUT2D eigenvalue weighted by atomic mass is 10.0. The number of likely N-dealkylation sites (N-methyl/N-ethyl adjacent to an activating group) is 1. The quantitative estimate of drug-likeness (QED) is 0.875. The second-order valence-electron chi connectivity index (χ2n) is 6.50. The molecule has 0 bridgehead atoms. The molecule has 1 amide bonds. The van der Waals surface area contributed by atoms with Crippen LogP contribution in [0.3, 0.4) is 0 Å². The van der Waals surface area contributed by atoms with Crippen LogP contribution in [-0.4, -0.2) is 49.7 Å². The molecule has 1 aromatic rings. The maximum absolute atomic E-state index is 11.9. The molecule has 0 aromatic heterocycles. The van der Waals surface area contributed by atoms with Gasteiger partial charge in [0.25, 0.3) is 5.91 Å². The van der Waals surface area contributed by atoms with Gasteiger partial charge in [0.2, 0.25) is 0 Å². The van der Waals surface area contributed by atoms with Crippen molar-refractivity contribution in [3.63, 3.8) is 0 Å². The zero-order valence-corrected chi connectivity index (χ0v) is 14.1. The van der Waals surface area contributed by atoms with E-state index in [2.05, 4.69) is 43.4 Å². The SMILES string of the molecule is Cc1ccccc1C[C@H](C)NC[C@H]1CC[C@@H](C(=O)N(C)C)O1. The minimum atomic E-state index is -0.256. The molecule has 0 radical (unpaired) electrons. The van der Waals surface area contributed by atoms with E-state index in [0.29, 0.717) is 6.04 Å². The van der Waals surface area contributed by atoms with Crippen molar-refractivity contribution in [2.45, 2.75) is 51.4 Å². The number of ether oxygens (including phenoxy) is 1. The Morgan fingerprint density at radius 3 is 2.77 bits per heavy atom. The number of benzene rings is 1. The molecule has 0 aliphatic carbocycles. The van der Waals surface area contributed by atoms with Crippen LogP contribution in [0.25, 0.3) is 0 Å². The van der Waals surface area contributed by atoms with Crippen LogP contribution in [-0.2, 0) is 16.0 Å². The van der Waals surface area contributed by atoms with E-state index in [1.807, 2.05) is 0 Å². The third-order valence-corrected chi connectivity index (χ3v) is 4.31. The third kappa shape index (κ3) is 4.55. The van der Waals surface area contributed by atoms with Gasteiger partial charge in [-0.2, -0.15) is 0 Å². The predicted molar refractivity (Wildman–Crippen MR) is 88.9 cm³/mol. The molecular weight excluding hydrogens is 276 g/mol. The molecule has 0 saturated carbocycles. The Balaban J connectivity index is 1.75. The summed E-state index contributed by atoms with van der Waals surface area (Å²) in [4.78, 5) is 13.5. The second-order valence-corrected chi connectivity index (χ2v) is 6.50. The number of nitrogens with one attached hydrogen (secondary N) is 1. The number of hydrogen-bond donors (Lipinski definition) is 1. The Hall–Kier alpha value is -1.39. The standard InChI is InChI=1S/C18H28N2O2/c1-13-7-5-6-8-15(13)11-14(2)19-12-16-9-10-17(22-16)18(21)20(3)4/h5-8,14,16-17,19H,9-12H2,1-4H3/t14-,16+,17-/m0/s1. The van der Waals surface area contributed by atoms with Gasteiger partial charge in [0.15, 0.2) is 0 Å². The van der Waals surface area contributed by atoms with Crippen LogP contribution in [0, 0.1) is 6.92 Å². The molecule has 4 heteroatoms. The molecule has 1 aliphatic heterocycles. The molecule has 122 valence electrons. The van der Waals surface area contributed by atoms with Gasteiger partial charge in [-0.3, -0.25) is 4.79 Å². The number of aryl methyl sites for hydroxylation is 1. The minimum absolute atomic E-state index is 0.0791. The summed E-state index contributed by atoms with van der Waals surface area (Å²) >= 11 is 0. The number of rotatable bonds is 6. The lowest BCUT2D eigenvalue weighted by Crippen LogP contribution is -2.37. The molecule has 1 N–H and O–H groups in total. The predicted octanol–water partition coefficient (Wildman–Crippen LogP) is 2.15. The van der Waals surface area contributed by atoms with Gasteiger partial charge in [-0.25, -0.2) is 0 Å². The summed E-state index contributed by atoms with van der Waals surface area (Å²) in [6, 6.07) is 8.90. The Bertz CT molecular complexity index is 502. The summed E-state index contributed by atoms with van der Waals surface area (Å²) in [6.45, 7) is 5.16. The van der Waals surface area contributed by atoms with Crippen LogP contribution in [0.4, 0.5) is 0 Å².